The van der Waals surface area contributed by atoms with Crippen molar-refractivity contribution in [1.82, 2.24) is 10.2 Å². The van der Waals surface area contributed by atoms with Crippen LogP contribution in [-0.4, -0.2) is 28.7 Å². The largest absolute Gasteiger partial charge is 0.329 e. The highest BCUT2D eigenvalue weighted by Gasteiger charge is 2.46. The summed E-state index contributed by atoms with van der Waals surface area (Å²) in [5.74, 6) is -2.57. The van der Waals surface area contributed by atoms with E-state index in [-0.39, 0.29) is 11.1 Å². The van der Waals surface area contributed by atoms with Gasteiger partial charge in [-0.3, -0.25) is 19.3 Å². The summed E-state index contributed by atoms with van der Waals surface area (Å²) in [6, 6.07) is -0.910. The predicted octanol–water partition coefficient (Wildman–Crippen LogP) is 1.34. The highest BCUT2D eigenvalue weighted by atomic mass is 19.1. The lowest BCUT2D eigenvalue weighted by molar-refractivity contribution is -0.145. The van der Waals surface area contributed by atoms with Crippen molar-refractivity contribution in [3.05, 3.63) is 35.3 Å². The van der Waals surface area contributed by atoms with Crippen molar-refractivity contribution in [2.45, 2.75) is 32.7 Å². The number of nitrogens with zero attached hydrogens (tertiary/aromatic N) is 1. The molecule has 0 aromatic carbocycles. The zero-order chi connectivity index (χ0) is 15.0. The molecule has 1 unspecified atom stereocenters. The number of halogens is 1. The lowest BCUT2D eigenvalue weighted by Gasteiger charge is -2.29. The van der Waals surface area contributed by atoms with E-state index in [1.807, 2.05) is 0 Å². The lowest BCUT2D eigenvalue weighted by atomic mass is 10.0. The monoisotopic (exact) mass is 278 g/mol. The van der Waals surface area contributed by atoms with Gasteiger partial charge in [-0.15, -0.1) is 0 Å². The smallest absolute Gasteiger partial charge is 0.264 e. The maximum absolute atomic E-state index is 13.5. The third-order valence-corrected chi connectivity index (χ3v) is 3.42. The first-order chi connectivity index (χ1) is 9.38. The normalized spacial score (nSPS) is 28.2. The van der Waals surface area contributed by atoms with Crippen molar-refractivity contribution in [2.75, 3.05) is 0 Å². The number of carbonyl (C=O) groups excluding carboxylic acids is 3. The number of rotatable bonds is 1. The zero-order valence-electron chi connectivity index (χ0n) is 11.3. The number of amides is 3. The fourth-order valence-corrected chi connectivity index (χ4v) is 2.46. The first kappa shape index (κ1) is 14.2. The third kappa shape index (κ3) is 2.07. The van der Waals surface area contributed by atoms with E-state index in [0.717, 1.165) is 11.8 Å². The molecule has 1 N–H and O–H groups in total. The molecule has 6 heteroatoms. The van der Waals surface area contributed by atoms with Crippen molar-refractivity contribution < 1.29 is 18.8 Å². The molecule has 0 aromatic heterocycles. The standard InChI is InChI=1S/C14H15FN2O3/c1-4-9-11(8(3)15)14(20)17(13(9)19)10-6-5-7(2)16-12(10)18/h4,10H,2,5-6H2,1,3H3,(H,16,18)/b9-4+,11-8-. The van der Waals surface area contributed by atoms with Crippen molar-refractivity contribution >= 4 is 17.7 Å². The number of hydrogen-bond acceptors (Lipinski definition) is 3. The lowest BCUT2D eigenvalue weighted by Crippen LogP contribution is -2.51. The van der Waals surface area contributed by atoms with Gasteiger partial charge in [-0.1, -0.05) is 12.7 Å². The maximum Gasteiger partial charge on any atom is 0.264 e. The molecule has 0 aromatic rings. The molecular formula is C14H15FN2O3. The zero-order valence-corrected chi connectivity index (χ0v) is 11.3. The van der Waals surface area contributed by atoms with Crippen LogP contribution in [-0.2, 0) is 14.4 Å². The Balaban J connectivity index is 2.41. The molecule has 2 heterocycles. The van der Waals surface area contributed by atoms with E-state index in [4.69, 9.17) is 0 Å². The van der Waals surface area contributed by atoms with Gasteiger partial charge < -0.3 is 5.32 Å². The Hall–Kier alpha value is -2.24. The number of nitrogens with one attached hydrogen (secondary N) is 1. The van der Waals surface area contributed by atoms with Crippen LogP contribution in [0.4, 0.5) is 4.39 Å². The molecule has 3 amide bonds. The molecule has 2 aliphatic heterocycles. The highest BCUT2D eigenvalue weighted by Crippen LogP contribution is 2.32. The molecule has 20 heavy (non-hydrogen) atoms. The fourth-order valence-electron chi connectivity index (χ4n) is 2.46. The van der Waals surface area contributed by atoms with E-state index < -0.39 is 29.6 Å². The van der Waals surface area contributed by atoms with Crippen LogP contribution in [0.1, 0.15) is 26.7 Å². The van der Waals surface area contributed by atoms with Crippen molar-refractivity contribution in [1.29, 1.82) is 0 Å². The van der Waals surface area contributed by atoms with Crippen LogP contribution in [0.15, 0.2) is 35.3 Å². The number of carbonyl (C=O) groups is 3. The number of hydrogen-bond donors (Lipinski definition) is 1. The predicted molar refractivity (Wildman–Crippen MR) is 69.7 cm³/mol. The number of allylic oxidation sites excluding steroid dienone is 3. The molecule has 2 aliphatic rings. The van der Waals surface area contributed by atoms with Crippen molar-refractivity contribution in [2.24, 2.45) is 0 Å². The summed E-state index contributed by atoms with van der Waals surface area (Å²) in [5.41, 5.74) is 0.302. The molecule has 5 nitrogen and oxygen atoms in total. The summed E-state index contributed by atoms with van der Waals surface area (Å²) in [4.78, 5) is 37.2. The third-order valence-electron chi connectivity index (χ3n) is 3.42. The molecule has 1 atom stereocenters. The van der Waals surface area contributed by atoms with E-state index >= 15 is 0 Å². The molecule has 2 rings (SSSR count). The second-order valence-electron chi connectivity index (χ2n) is 4.74. The van der Waals surface area contributed by atoms with Gasteiger partial charge in [0.15, 0.2) is 0 Å². The van der Waals surface area contributed by atoms with Crippen LogP contribution < -0.4 is 5.32 Å². The van der Waals surface area contributed by atoms with Gasteiger partial charge in [0, 0.05) is 5.70 Å². The van der Waals surface area contributed by atoms with Crippen LogP contribution in [0.3, 0.4) is 0 Å². The Kier molecular flexibility index (Phi) is 3.57. The Bertz CT molecular complexity index is 585. The average Bonchev–Trinajstić information content (AvgIpc) is 2.61. The molecule has 2 fully saturated rings. The van der Waals surface area contributed by atoms with Gasteiger partial charge in [0.05, 0.1) is 11.1 Å². The van der Waals surface area contributed by atoms with Gasteiger partial charge in [-0.2, -0.15) is 0 Å². The maximum atomic E-state index is 13.5. The highest BCUT2D eigenvalue weighted by molar-refractivity contribution is 6.26. The van der Waals surface area contributed by atoms with Crippen LogP contribution in [0.5, 0.6) is 0 Å². The summed E-state index contributed by atoms with van der Waals surface area (Å²) >= 11 is 0. The van der Waals surface area contributed by atoms with Gasteiger partial charge in [0.1, 0.15) is 11.9 Å². The van der Waals surface area contributed by atoms with Crippen LogP contribution in [0, 0.1) is 0 Å². The minimum atomic E-state index is -0.910. The second-order valence-corrected chi connectivity index (χ2v) is 4.74. The van der Waals surface area contributed by atoms with Crippen molar-refractivity contribution in [3.8, 4) is 0 Å². The molecule has 106 valence electrons. The summed E-state index contributed by atoms with van der Waals surface area (Å²) in [5, 5.41) is 2.52. The number of imide groups is 1. The number of likely N-dealkylation sites (tertiary alicyclic amines) is 1. The van der Waals surface area contributed by atoms with Gasteiger partial charge in [-0.25, -0.2) is 4.39 Å². The molecule has 2 saturated heterocycles. The van der Waals surface area contributed by atoms with Gasteiger partial charge in [0.25, 0.3) is 11.8 Å². The van der Waals surface area contributed by atoms with E-state index in [1.54, 1.807) is 6.92 Å². The van der Waals surface area contributed by atoms with Crippen molar-refractivity contribution in [3.63, 3.8) is 0 Å². The van der Waals surface area contributed by atoms with Crippen LogP contribution in [0.25, 0.3) is 0 Å². The van der Waals surface area contributed by atoms with E-state index in [2.05, 4.69) is 11.9 Å². The van der Waals surface area contributed by atoms with Crippen LogP contribution in [0.2, 0.25) is 0 Å². The fraction of sp³-hybridized carbons (Fsp3) is 0.357. The average molecular weight is 278 g/mol. The Labute approximate surface area is 115 Å². The van der Waals surface area contributed by atoms with Gasteiger partial charge >= 0.3 is 0 Å². The molecule has 0 bridgehead atoms. The second kappa shape index (κ2) is 5.03. The Morgan fingerprint density at radius 2 is 2.05 bits per heavy atom. The summed E-state index contributed by atoms with van der Waals surface area (Å²) < 4.78 is 13.5. The summed E-state index contributed by atoms with van der Waals surface area (Å²) in [6.45, 7) is 6.31. The number of piperidine rings is 1. The SMILES string of the molecule is C=C1CCC(N2C(=O)C(=C(/C)F)/C(=C\C)C2=O)C(=O)N1. The first-order valence-corrected chi connectivity index (χ1v) is 6.28. The van der Waals surface area contributed by atoms with E-state index in [1.165, 1.54) is 6.08 Å². The topological polar surface area (TPSA) is 66.5 Å². The summed E-state index contributed by atoms with van der Waals surface area (Å²) in [7, 11) is 0. The molecular weight excluding hydrogens is 263 g/mol. The minimum Gasteiger partial charge on any atom is -0.329 e. The van der Waals surface area contributed by atoms with Gasteiger partial charge in [-0.05, 0) is 26.7 Å². The first-order valence-electron chi connectivity index (χ1n) is 6.28. The molecule has 0 spiro atoms. The Morgan fingerprint density at radius 3 is 2.50 bits per heavy atom. The molecule has 0 aliphatic carbocycles. The van der Waals surface area contributed by atoms with E-state index in [9.17, 15) is 18.8 Å². The quantitative estimate of drug-likeness (QED) is 0.581. The minimum absolute atomic E-state index is 0.00667. The summed E-state index contributed by atoms with van der Waals surface area (Å²) in [6.07, 6.45) is 2.17. The molecule has 0 radical (unpaired) electrons. The van der Waals surface area contributed by atoms with E-state index in [0.29, 0.717) is 18.5 Å². The van der Waals surface area contributed by atoms with Crippen LogP contribution >= 0.6 is 0 Å². The van der Waals surface area contributed by atoms with Gasteiger partial charge in [0.2, 0.25) is 5.91 Å². The Morgan fingerprint density at radius 1 is 1.40 bits per heavy atom. The molecule has 0 saturated carbocycles.